The van der Waals surface area contributed by atoms with Gasteiger partial charge in [0.05, 0.1) is 18.3 Å². The van der Waals surface area contributed by atoms with Gasteiger partial charge in [0.1, 0.15) is 0 Å². The molecule has 0 fully saturated rings. The number of amides is 2. The Morgan fingerprint density at radius 1 is 0.652 bits per heavy atom. The maximum absolute atomic E-state index is 13.7. The molecule has 3 aromatic carbocycles. The van der Waals surface area contributed by atoms with E-state index in [1.807, 2.05) is 108 Å². The molecule has 0 radical (unpaired) electrons. The molecule has 2 aromatic heterocycles. The number of hydrogen-bond donors (Lipinski definition) is 3. The molecule has 46 heavy (non-hydrogen) atoms. The van der Waals surface area contributed by atoms with Crippen molar-refractivity contribution in [1.29, 1.82) is 0 Å². The lowest BCUT2D eigenvalue weighted by molar-refractivity contribution is -0.123. The summed E-state index contributed by atoms with van der Waals surface area (Å²) in [5.41, 5.74) is 4.55. The molecule has 234 valence electrons. The van der Waals surface area contributed by atoms with Crippen LogP contribution in [-0.4, -0.2) is 44.3 Å². The van der Waals surface area contributed by atoms with Gasteiger partial charge in [-0.2, -0.15) is 0 Å². The Morgan fingerprint density at radius 3 is 1.91 bits per heavy atom. The maximum atomic E-state index is 13.7. The molecule has 9 heteroatoms. The molecule has 0 saturated heterocycles. The molecule has 3 N–H and O–H groups in total. The van der Waals surface area contributed by atoms with Crippen LogP contribution in [-0.2, 0) is 31.0 Å². The average molecular weight is 614 g/mol. The zero-order chi connectivity index (χ0) is 31.8. The van der Waals surface area contributed by atoms with Crippen LogP contribution in [0.5, 0.6) is 0 Å². The van der Waals surface area contributed by atoms with Crippen LogP contribution in [0.25, 0.3) is 0 Å². The van der Waals surface area contributed by atoms with Crippen LogP contribution in [0.3, 0.4) is 0 Å². The second kappa shape index (κ2) is 17.2. The molecule has 0 bridgehead atoms. The summed E-state index contributed by atoms with van der Waals surface area (Å²) in [5.74, 6) is 0.437. The SMILES string of the molecule is O=C(NCc1ccccn1)C(CCCNc1ncccn1)NCc1ccc(C(=O)N(Cc2ccccc2)Cc2ccccc2)cc1. The fraction of sp³-hybridized carbons (Fsp3) is 0.216. The van der Waals surface area contributed by atoms with Gasteiger partial charge in [-0.25, -0.2) is 9.97 Å². The highest BCUT2D eigenvalue weighted by Gasteiger charge is 2.19. The second-order valence-electron chi connectivity index (χ2n) is 10.9. The van der Waals surface area contributed by atoms with Gasteiger partial charge >= 0.3 is 0 Å². The predicted molar refractivity (Wildman–Crippen MR) is 179 cm³/mol. The monoisotopic (exact) mass is 613 g/mol. The van der Waals surface area contributed by atoms with E-state index in [1.54, 1.807) is 24.7 Å². The first-order valence-electron chi connectivity index (χ1n) is 15.5. The van der Waals surface area contributed by atoms with E-state index in [0.717, 1.165) is 28.8 Å². The molecule has 1 unspecified atom stereocenters. The summed E-state index contributed by atoms with van der Waals surface area (Å²) in [5, 5.41) is 9.63. The minimum Gasteiger partial charge on any atom is -0.354 e. The second-order valence-corrected chi connectivity index (χ2v) is 10.9. The number of anilines is 1. The van der Waals surface area contributed by atoms with E-state index in [9.17, 15) is 9.59 Å². The molecule has 0 aliphatic carbocycles. The summed E-state index contributed by atoms with van der Waals surface area (Å²) < 4.78 is 0. The fourth-order valence-corrected chi connectivity index (χ4v) is 5.02. The van der Waals surface area contributed by atoms with Crippen molar-refractivity contribution in [3.8, 4) is 0 Å². The van der Waals surface area contributed by atoms with E-state index in [2.05, 4.69) is 30.9 Å². The quantitative estimate of drug-likeness (QED) is 0.128. The highest BCUT2D eigenvalue weighted by atomic mass is 16.2. The Kier molecular flexibility index (Phi) is 11.9. The molecule has 2 heterocycles. The van der Waals surface area contributed by atoms with Crippen molar-refractivity contribution < 1.29 is 9.59 Å². The van der Waals surface area contributed by atoms with Crippen LogP contribution in [0.2, 0.25) is 0 Å². The van der Waals surface area contributed by atoms with Crippen LogP contribution >= 0.6 is 0 Å². The molecule has 2 amide bonds. The van der Waals surface area contributed by atoms with Gasteiger partial charge in [0.2, 0.25) is 11.9 Å². The summed E-state index contributed by atoms with van der Waals surface area (Å²) in [6.07, 6.45) is 6.43. The van der Waals surface area contributed by atoms with E-state index in [1.165, 1.54) is 0 Å². The Hall–Kier alpha value is -5.41. The van der Waals surface area contributed by atoms with Gasteiger partial charge in [-0.15, -0.1) is 0 Å². The number of carbonyl (C=O) groups excluding carboxylic acids is 2. The first kappa shape index (κ1) is 32.0. The molecule has 9 nitrogen and oxygen atoms in total. The largest absolute Gasteiger partial charge is 0.354 e. The van der Waals surface area contributed by atoms with Crippen molar-refractivity contribution in [2.75, 3.05) is 11.9 Å². The third kappa shape index (κ3) is 10.1. The van der Waals surface area contributed by atoms with Crippen LogP contribution in [0, 0.1) is 0 Å². The van der Waals surface area contributed by atoms with Gasteiger partial charge in [-0.3, -0.25) is 14.6 Å². The lowest BCUT2D eigenvalue weighted by Crippen LogP contribution is -2.44. The van der Waals surface area contributed by atoms with Gasteiger partial charge < -0.3 is 20.9 Å². The zero-order valence-electron chi connectivity index (χ0n) is 25.8. The summed E-state index contributed by atoms with van der Waals surface area (Å²) in [4.78, 5) is 41.5. The normalized spacial score (nSPS) is 11.4. The Morgan fingerprint density at radius 2 is 1.28 bits per heavy atom. The molecule has 5 rings (SSSR count). The lowest BCUT2D eigenvalue weighted by atomic mass is 10.1. The van der Waals surface area contributed by atoms with Gasteiger partial charge in [0, 0.05) is 50.3 Å². The van der Waals surface area contributed by atoms with E-state index in [-0.39, 0.29) is 11.8 Å². The predicted octanol–water partition coefficient (Wildman–Crippen LogP) is 5.38. The summed E-state index contributed by atoms with van der Waals surface area (Å²) in [6.45, 7) is 2.49. The molecule has 0 spiro atoms. The number of nitrogens with one attached hydrogen (secondary N) is 3. The van der Waals surface area contributed by atoms with E-state index in [4.69, 9.17) is 0 Å². The molecule has 0 aliphatic heterocycles. The molecular weight excluding hydrogens is 574 g/mol. The molecule has 0 aliphatic rings. The van der Waals surface area contributed by atoms with Crippen LogP contribution in [0.1, 0.15) is 45.6 Å². The Labute approximate surface area is 270 Å². The third-order valence-corrected chi connectivity index (χ3v) is 7.48. The lowest BCUT2D eigenvalue weighted by Gasteiger charge is -2.23. The maximum Gasteiger partial charge on any atom is 0.254 e. The Bertz CT molecular complexity index is 1580. The highest BCUT2D eigenvalue weighted by Crippen LogP contribution is 2.16. The minimum absolute atomic E-state index is 0.0334. The van der Waals surface area contributed by atoms with Gasteiger partial charge in [0.15, 0.2) is 0 Å². The van der Waals surface area contributed by atoms with Crippen molar-refractivity contribution in [1.82, 2.24) is 30.5 Å². The van der Waals surface area contributed by atoms with Crippen molar-refractivity contribution in [2.24, 2.45) is 0 Å². The fourth-order valence-electron chi connectivity index (χ4n) is 5.02. The van der Waals surface area contributed by atoms with E-state index in [0.29, 0.717) is 50.7 Å². The average Bonchev–Trinajstić information content (AvgIpc) is 3.11. The van der Waals surface area contributed by atoms with Gasteiger partial charge in [0.25, 0.3) is 5.91 Å². The third-order valence-electron chi connectivity index (χ3n) is 7.48. The highest BCUT2D eigenvalue weighted by molar-refractivity contribution is 5.94. The van der Waals surface area contributed by atoms with Crippen molar-refractivity contribution in [3.63, 3.8) is 0 Å². The van der Waals surface area contributed by atoms with Crippen molar-refractivity contribution in [3.05, 3.63) is 156 Å². The van der Waals surface area contributed by atoms with Gasteiger partial charge in [-0.1, -0.05) is 78.9 Å². The van der Waals surface area contributed by atoms with E-state index < -0.39 is 6.04 Å². The number of pyridine rings is 1. The molecule has 5 aromatic rings. The zero-order valence-corrected chi connectivity index (χ0v) is 25.8. The summed E-state index contributed by atoms with van der Waals surface area (Å²) >= 11 is 0. The number of aromatic nitrogens is 3. The number of rotatable bonds is 16. The standard InChI is InChI=1S/C37H39N7O2/c45-35(43-26-33-15-7-8-21-38-33)34(16-9-22-39-37-40-23-10-24-41-37)42-25-29-17-19-32(20-18-29)36(46)44(27-30-11-3-1-4-12-30)28-31-13-5-2-6-14-31/h1-8,10-15,17-21,23-24,34,42H,9,16,22,25-28H2,(H,43,45)(H,39,40,41). The summed E-state index contributed by atoms with van der Waals surface area (Å²) in [6, 6.07) is 34.7. The van der Waals surface area contributed by atoms with Crippen LogP contribution in [0.15, 0.2) is 128 Å². The number of hydrogen-bond acceptors (Lipinski definition) is 7. The first-order chi connectivity index (χ1) is 22.6. The van der Waals surface area contributed by atoms with Crippen molar-refractivity contribution in [2.45, 2.75) is 45.1 Å². The number of nitrogens with zero attached hydrogens (tertiary/aromatic N) is 4. The molecular formula is C37H39N7O2. The minimum atomic E-state index is -0.421. The van der Waals surface area contributed by atoms with Gasteiger partial charge in [-0.05, 0) is 59.9 Å². The smallest absolute Gasteiger partial charge is 0.254 e. The summed E-state index contributed by atoms with van der Waals surface area (Å²) in [7, 11) is 0. The first-order valence-corrected chi connectivity index (χ1v) is 15.5. The Balaban J connectivity index is 1.20. The number of carbonyl (C=O) groups is 2. The van der Waals surface area contributed by atoms with Crippen LogP contribution < -0.4 is 16.0 Å². The molecule has 1 atom stereocenters. The van der Waals surface area contributed by atoms with E-state index >= 15 is 0 Å². The molecule has 0 saturated carbocycles. The topological polar surface area (TPSA) is 112 Å². The van der Waals surface area contributed by atoms with Crippen molar-refractivity contribution >= 4 is 17.8 Å². The number of benzene rings is 3. The van der Waals surface area contributed by atoms with Crippen LogP contribution in [0.4, 0.5) is 5.95 Å².